The molecule has 0 fully saturated rings. The average molecular weight is 449 g/mol. The number of hydrogen-bond acceptors (Lipinski definition) is 6. The molecule has 3 aromatic carbocycles. The number of carbonyl (C=O) groups excluding carboxylic acids is 2. The lowest BCUT2D eigenvalue weighted by molar-refractivity contribution is -0.147. The highest BCUT2D eigenvalue weighted by atomic mass is 32.2. The van der Waals surface area contributed by atoms with Crippen molar-refractivity contribution < 1.29 is 19.1 Å². The molecule has 0 spiro atoms. The standard InChI is InChI=1S/C25H24N2O4S/c1-2-30-19-13-11-18(12-14-19)26-24(28)17-31-25(29)15-16-27-20-7-3-5-9-22(20)32-23-10-6-4-8-21(23)27/h3-14H,2,15-17H2,1H3,(H,26,28). The van der Waals surface area contributed by atoms with Crippen LogP contribution in [0.5, 0.6) is 5.75 Å². The van der Waals surface area contributed by atoms with Gasteiger partial charge in [0.1, 0.15) is 5.75 Å². The summed E-state index contributed by atoms with van der Waals surface area (Å²) in [5.41, 5.74) is 2.75. The molecule has 1 aliphatic heterocycles. The van der Waals surface area contributed by atoms with Gasteiger partial charge in [-0.15, -0.1) is 0 Å². The number of rotatable bonds is 8. The summed E-state index contributed by atoms with van der Waals surface area (Å²) in [5, 5.41) is 2.71. The zero-order valence-corrected chi connectivity index (χ0v) is 18.6. The lowest BCUT2D eigenvalue weighted by Crippen LogP contribution is -2.26. The maximum Gasteiger partial charge on any atom is 0.308 e. The minimum atomic E-state index is -0.417. The minimum Gasteiger partial charge on any atom is -0.494 e. The summed E-state index contributed by atoms with van der Waals surface area (Å²) in [6.45, 7) is 2.63. The first kappa shape index (κ1) is 21.8. The van der Waals surface area contributed by atoms with Crippen LogP contribution in [-0.2, 0) is 14.3 Å². The molecule has 0 saturated carbocycles. The molecule has 1 amide bonds. The Balaban J connectivity index is 1.30. The van der Waals surface area contributed by atoms with Gasteiger partial charge in [0.15, 0.2) is 6.61 Å². The number of benzene rings is 3. The molecule has 3 aromatic rings. The van der Waals surface area contributed by atoms with E-state index in [-0.39, 0.29) is 18.9 Å². The molecule has 1 N–H and O–H groups in total. The first-order valence-corrected chi connectivity index (χ1v) is 11.3. The number of esters is 1. The van der Waals surface area contributed by atoms with Gasteiger partial charge in [0, 0.05) is 22.0 Å². The molecule has 1 aliphatic rings. The molecule has 0 bridgehead atoms. The highest BCUT2D eigenvalue weighted by Crippen LogP contribution is 2.47. The van der Waals surface area contributed by atoms with Crippen molar-refractivity contribution in [1.29, 1.82) is 0 Å². The molecule has 0 atom stereocenters. The predicted molar refractivity (Wildman–Crippen MR) is 126 cm³/mol. The fourth-order valence-electron chi connectivity index (χ4n) is 3.44. The van der Waals surface area contributed by atoms with E-state index in [9.17, 15) is 9.59 Å². The van der Waals surface area contributed by atoms with Crippen LogP contribution in [0.3, 0.4) is 0 Å². The Morgan fingerprint density at radius 1 is 0.906 bits per heavy atom. The van der Waals surface area contributed by atoms with E-state index in [0.29, 0.717) is 18.8 Å². The fraction of sp³-hybridized carbons (Fsp3) is 0.200. The Bertz CT molecular complexity index is 1060. The summed E-state index contributed by atoms with van der Waals surface area (Å²) >= 11 is 1.72. The van der Waals surface area contributed by atoms with Crippen molar-refractivity contribution in [2.24, 2.45) is 0 Å². The summed E-state index contributed by atoms with van der Waals surface area (Å²) in [6, 6.07) is 23.3. The van der Waals surface area contributed by atoms with E-state index in [2.05, 4.69) is 22.3 Å². The lowest BCUT2D eigenvalue weighted by atomic mass is 10.2. The van der Waals surface area contributed by atoms with Gasteiger partial charge in [-0.25, -0.2) is 0 Å². The van der Waals surface area contributed by atoms with Crippen molar-refractivity contribution in [3.05, 3.63) is 72.8 Å². The maximum absolute atomic E-state index is 12.3. The van der Waals surface area contributed by atoms with E-state index in [1.54, 1.807) is 36.0 Å². The van der Waals surface area contributed by atoms with E-state index in [4.69, 9.17) is 9.47 Å². The summed E-state index contributed by atoms with van der Waals surface area (Å²) in [6.07, 6.45) is 0.170. The first-order chi connectivity index (χ1) is 15.6. The molecule has 0 unspecified atom stereocenters. The fourth-order valence-corrected chi connectivity index (χ4v) is 4.54. The molecule has 164 valence electrons. The van der Waals surface area contributed by atoms with Crippen LogP contribution >= 0.6 is 11.8 Å². The Morgan fingerprint density at radius 3 is 2.16 bits per heavy atom. The van der Waals surface area contributed by atoms with Gasteiger partial charge in [-0.2, -0.15) is 0 Å². The molecular formula is C25H24N2O4S. The van der Waals surface area contributed by atoms with E-state index < -0.39 is 5.97 Å². The van der Waals surface area contributed by atoms with Crippen LogP contribution in [0.15, 0.2) is 82.6 Å². The number of hydrogen-bond donors (Lipinski definition) is 1. The summed E-state index contributed by atoms with van der Waals surface area (Å²) in [7, 11) is 0. The largest absolute Gasteiger partial charge is 0.494 e. The zero-order valence-electron chi connectivity index (χ0n) is 17.7. The summed E-state index contributed by atoms with van der Waals surface area (Å²) in [4.78, 5) is 28.9. The van der Waals surface area contributed by atoms with Crippen molar-refractivity contribution >= 4 is 40.7 Å². The minimum absolute atomic E-state index is 0.170. The Hall–Kier alpha value is -3.45. The van der Waals surface area contributed by atoms with Crippen LogP contribution in [0.25, 0.3) is 0 Å². The predicted octanol–water partition coefficient (Wildman–Crippen LogP) is 5.26. The first-order valence-electron chi connectivity index (χ1n) is 10.5. The van der Waals surface area contributed by atoms with E-state index in [0.717, 1.165) is 26.9 Å². The van der Waals surface area contributed by atoms with Crippen molar-refractivity contribution in [1.82, 2.24) is 0 Å². The van der Waals surface area contributed by atoms with E-state index in [1.165, 1.54) is 0 Å². The van der Waals surface area contributed by atoms with Crippen molar-refractivity contribution in [3.63, 3.8) is 0 Å². The maximum atomic E-state index is 12.3. The van der Waals surface area contributed by atoms with Gasteiger partial charge in [0.05, 0.1) is 24.4 Å². The van der Waals surface area contributed by atoms with Crippen molar-refractivity contribution in [3.8, 4) is 5.75 Å². The molecule has 0 saturated heterocycles. The Labute approximate surface area is 191 Å². The van der Waals surface area contributed by atoms with Crippen LogP contribution in [0.1, 0.15) is 13.3 Å². The topological polar surface area (TPSA) is 67.9 Å². The summed E-state index contributed by atoms with van der Waals surface area (Å²) in [5.74, 6) is -0.0659. The Kier molecular flexibility index (Phi) is 6.97. The molecule has 1 heterocycles. The third kappa shape index (κ3) is 5.23. The quantitative estimate of drug-likeness (QED) is 0.474. The molecule has 6 nitrogen and oxygen atoms in total. The SMILES string of the molecule is CCOc1ccc(NC(=O)COC(=O)CCN2c3ccccc3Sc3ccccc32)cc1. The number of para-hydroxylation sites is 2. The second-order valence-electron chi connectivity index (χ2n) is 7.11. The van der Waals surface area contributed by atoms with E-state index >= 15 is 0 Å². The zero-order chi connectivity index (χ0) is 22.3. The van der Waals surface area contributed by atoms with Crippen LogP contribution in [0.4, 0.5) is 17.1 Å². The van der Waals surface area contributed by atoms with Gasteiger partial charge in [0.25, 0.3) is 5.91 Å². The van der Waals surface area contributed by atoms with Gasteiger partial charge < -0.3 is 19.7 Å². The second-order valence-corrected chi connectivity index (χ2v) is 8.19. The summed E-state index contributed by atoms with van der Waals surface area (Å²) < 4.78 is 10.6. The average Bonchev–Trinajstić information content (AvgIpc) is 2.82. The number of carbonyl (C=O) groups is 2. The van der Waals surface area contributed by atoms with Crippen LogP contribution in [0, 0.1) is 0 Å². The molecule has 4 rings (SSSR count). The number of anilines is 3. The van der Waals surface area contributed by atoms with Crippen LogP contribution in [-0.4, -0.2) is 31.6 Å². The molecule has 0 radical (unpaired) electrons. The lowest BCUT2D eigenvalue weighted by Gasteiger charge is -2.32. The third-order valence-corrected chi connectivity index (χ3v) is 6.02. The van der Waals surface area contributed by atoms with Gasteiger partial charge in [0.2, 0.25) is 0 Å². The molecule has 0 aromatic heterocycles. The molecular weight excluding hydrogens is 424 g/mol. The number of nitrogens with zero attached hydrogens (tertiary/aromatic N) is 1. The van der Waals surface area contributed by atoms with Crippen LogP contribution in [0.2, 0.25) is 0 Å². The Morgan fingerprint density at radius 2 is 1.53 bits per heavy atom. The highest BCUT2D eigenvalue weighted by Gasteiger charge is 2.23. The number of nitrogens with one attached hydrogen (secondary N) is 1. The normalized spacial score (nSPS) is 11.8. The van der Waals surface area contributed by atoms with Gasteiger partial charge in [-0.3, -0.25) is 9.59 Å². The third-order valence-electron chi connectivity index (χ3n) is 4.88. The number of amides is 1. The molecule has 7 heteroatoms. The van der Waals surface area contributed by atoms with Gasteiger partial charge in [-0.05, 0) is 55.5 Å². The van der Waals surface area contributed by atoms with Crippen molar-refractivity contribution in [2.45, 2.75) is 23.1 Å². The van der Waals surface area contributed by atoms with Crippen molar-refractivity contribution in [2.75, 3.05) is 30.0 Å². The highest BCUT2D eigenvalue weighted by molar-refractivity contribution is 7.99. The monoisotopic (exact) mass is 448 g/mol. The van der Waals surface area contributed by atoms with Crippen LogP contribution < -0.4 is 15.0 Å². The molecule has 0 aliphatic carbocycles. The second kappa shape index (κ2) is 10.2. The van der Waals surface area contributed by atoms with E-state index in [1.807, 2.05) is 43.3 Å². The van der Waals surface area contributed by atoms with Gasteiger partial charge >= 0.3 is 5.97 Å². The number of fused-ring (bicyclic) bond motifs is 2. The number of ether oxygens (including phenoxy) is 2. The molecule has 32 heavy (non-hydrogen) atoms. The van der Waals surface area contributed by atoms with Gasteiger partial charge in [-0.1, -0.05) is 36.0 Å². The smallest absolute Gasteiger partial charge is 0.308 e.